The van der Waals surface area contributed by atoms with E-state index < -0.39 is 0 Å². The van der Waals surface area contributed by atoms with Gasteiger partial charge in [-0.05, 0) is 32.4 Å². The van der Waals surface area contributed by atoms with Gasteiger partial charge in [0, 0.05) is 12.2 Å². The molecule has 0 unspecified atom stereocenters. The second-order valence-electron chi connectivity index (χ2n) is 2.97. The highest BCUT2D eigenvalue weighted by atomic mass is 15.0. The molecule has 0 saturated heterocycles. The molecule has 13 heavy (non-hydrogen) atoms. The lowest BCUT2D eigenvalue weighted by atomic mass is 10.3. The van der Waals surface area contributed by atoms with Gasteiger partial charge in [0.25, 0.3) is 0 Å². The van der Waals surface area contributed by atoms with Crippen molar-refractivity contribution < 1.29 is 0 Å². The van der Waals surface area contributed by atoms with Crippen molar-refractivity contribution in [1.29, 1.82) is 0 Å². The van der Waals surface area contributed by atoms with Gasteiger partial charge in [-0.3, -0.25) is 0 Å². The number of nitrogens with one attached hydrogen (secondary N) is 1. The van der Waals surface area contributed by atoms with Crippen LogP contribution in [0.3, 0.4) is 0 Å². The van der Waals surface area contributed by atoms with E-state index in [1.54, 1.807) is 6.20 Å². The fourth-order valence-electron chi connectivity index (χ4n) is 0.910. The molecular formula is C11H20N2. The zero-order valence-corrected chi connectivity index (χ0v) is 9.26. The average molecular weight is 180 g/mol. The van der Waals surface area contributed by atoms with Crippen LogP contribution in [-0.4, -0.2) is 11.0 Å². The normalized spacial score (nSPS) is 9.08. The fourth-order valence-corrected chi connectivity index (χ4v) is 0.910. The van der Waals surface area contributed by atoms with E-state index in [2.05, 4.69) is 37.1 Å². The Balaban J connectivity index is 0.000000671. The molecule has 2 nitrogen and oxygen atoms in total. The van der Waals surface area contributed by atoms with E-state index in [1.165, 1.54) is 5.56 Å². The molecule has 1 aromatic heterocycles. The van der Waals surface area contributed by atoms with Gasteiger partial charge < -0.3 is 5.32 Å². The lowest BCUT2D eigenvalue weighted by Crippen LogP contribution is -2.11. The van der Waals surface area contributed by atoms with Crippen molar-refractivity contribution in [3.63, 3.8) is 0 Å². The van der Waals surface area contributed by atoms with E-state index in [1.807, 2.05) is 19.9 Å². The third kappa shape index (κ3) is 4.51. The van der Waals surface area contributed by atoms with Gasteiger partial charge >= 0.3 is 0 Å². The summed E-state index contributed by atoms with van der Waals surface area (Å²) in [6.45, 7) is 10.3. The first-order valence-corrected chi connectivity index (χ1v) is 4.88. The Morgan fingerprint density at radius 2 is 1.92 bits per heavy atom. The summed E-state index contributed by atoms with van der Waals surface area (Å²) in [5.74, 6) is 0.988. The largest absolute Gasteiger partial charge is 0.368 e. The molecule has 0 amide bonds. The van der Waals surface area contributed by atoms with Crippen LogP contribution in [0.1, 0.15) is 33.3 Å². The van der Waals surface area contributed by atoms with Crippen LogP contribution in [0.5, 0.6) is 0 Å². The molecule has 1 aromatic rings. The summed E-state index contributed by atoms with van der Waals surface area (Å²) in [5, 5.41) is 3.26. The summed E-state index contributed by atoms with van der Waals surface area (Å²) in [4.78, 5) is 4.21. The summed E-state index contributed by atoms with van der Waals surface area (Å²) >= 11 is 0. The predicted octanol–water partition coefficient (Wildman–Crippen LogP) is 3.24. The topological polar surface area (TPSA) is 24.9 Å². The molecule has 74 valence electrons. The SMILES string of the molecule is CC.Cc1cccnc1NC(C)C. The summed E-state index contributed by atoms with van der Waals surface area (Å²) in [7, 11) is 0. The number of anilines is 1. The maximum absolute atomic E-state index is 4.21. The molecule has 1 rings (SSSR count). The summed E-state index contributed by atoms with van der Waals surface area (Å²) in [6.07, 6.45) is 1.80. The quantitative estimate of drug-likeness (QED) is 0.755. The number of hydrogen-bond acceptors (Lipinski definition) is 2. The number of aromatic nitrogens is 1. The smallest absolute Gasteiger partial charge is 0.129 e. The molecule has 0 spiro atoms. The molecule has 0 aliphatic heterocycles. The summed E-state index contributed by atoms with van der Waals surface area (Å²) in [5.41, 5.74) is 1.20. The standard InChI is InChI=1S/C9H14N2.C2H6/c1-7(2)11-9-8(3)5-4-6-10-9;1-2/h4-7H,1-3H3,(H,10,11);1-2H3. The maximum Gasteiger partial charge on any atom is 0.129 e. The highest BCUT2D eigenvalue weighted by molar-refractivity contribution is 5.42. The van der Waals surface area contributed by atoms with Gasteiger partial charge in [-0.15, -0.1) is 0 Å². The Morgan fingerprint density at radius 1 is 1.31 bits per heavy atom. The Bertz CT molecular complexity index is 231. The zero-order valence-electron chi connectivity index (χ0n) is 9.26. The average Bonchev–Trinajstić information content (AvgIpc) is 2.12. The van der Waals surface area contributed by atoms with Crippen molar-refractivity contribution in [2.45, 2.75) is 40.7 Å². The van der Waals surface area contributed by atoms with E-state index in [-0.39, 0.29) is 0 Å². The van der Waals surface area contributed by atoms with E-state index >= 15 is 0 Å². The number of nitrogens with zero attached hydrogens (tertiary/aromatic N) is 1. The molecule has 1 heterocycles. The molecule has 2 heteroatoms. The number of rotatable bonds is 2. The molecule has 0 bridgehead atoms. The van der Waals surface area contributed by atoms with E-state index in [9.17, 15) is 0 Å². The highest BCUT2D eigenvalue weighted by Gasteiger charge is 1.97. The second kappa shape index (κ2) is 6.46. The van der Waals surface area contributed by atoms with Crippen molar-refractivity contribution in [1.82, 2.24) is 4.98 Å². The van der Waals surface area contributed by atoms with Gasteiger partial charge in [-0.1, -0.05) is 19.9 Å². The van der Waals surface area contributed by atoms with Gasteiger partial charge in [-0.2, -0.15) is 0 Å². The van der Waals surface area contributed by atoms with Gasteiger partial charge in [0.1, 0.15) is 5.82 Å². The van der Waals surface area contributed by atoms with Crippen molar-refractivity contribution in [3.05, 3.63) is 23.9 Å². The Hall–Kier alpha value is -1.05. The van der Waals surface area contributed by atoms with Crippen LogP contribution in [0, 0.1) is 6.92 Å². The molecule has 0 aliphatic carbocycles. The number of hydrogen-bond donors (Lipinski definition) is 1. The first-order valence-electron chi connectivity index (χ1n) is 4.88. The van der Waals surface area contributed by atoms with Gasteiger partial charge in [-0.25, -0.2) is 4.98 Å². The molecule has 0 saturated carbocycles. The minimum Gasteiger partial charge on any atom is -0.368 e. The monoisotopic (exact) mass is 180 g/mol. The maximum atomic E-state index is 4.21. The van der Waals surface area contributed by atoms with Crippen LogP contribution in [0.25, 0.3) is 0 Å². The van der Waals surface area contributed by atoms with Crippen molar-refractivity contribution in [2.75, 3.05) is 5.32 Å². The third-order valence-corrected chi connectivity index (χ3v) is 1.43. The molecule has 0 aliphatic rings. The van der Waals surface area contributed by atoms with Crippen LogP contribution in [0.15, 0.2) is 18.3 Å². The van der Waals surface area contributed by atoms with Crippen molar-refractivity contribution in [2.24, 2.45) is 0 Å². The van der Waals surface area contributed by atoms with E-state index in [4.69, 9.17) is 0 Å². The third-order valence-electron chi connectivity index (χ3n) is 1.43. The molecule has 1 N–H and O–H groups in total. The van der Waals surface area contributed by atoms with Crippen LogP contribution in [-0.2, 0) is 0 Å². The summed E-state index contributed by atoms with van der Waals surface area (Å²) < 4.78 is 0. The van der Waals surface area contributed by atoms with Crippen molar-refractivity contribution in [3.8, 4) is 0 Å². The van der Waals surface area contributed by atoms with Crippen LogP contribution >= 0.6 is 0 Å². The predicted molar refractivity (Wildman–Crippen MR) is 59.1 cm³/mol. The van der Waals surface area contributed by atoms with Gasteiger partial charge in [0.15, 0.2) is 0 Å². The van der Waals surface area contributed by atoms with Crippen LogP contribution < -0.4 is 5.32 Å². The van der Waals surface area contributed by atoms with Gasteiger partial charge in [0.05, 0.1) is 0 Å². The first-order chi connectivity index (χ1) is 6.20. The Morgan fingerprint density at radius 3 is 2.38 bits per heavy atom. The van der Waals surface area contributed by atoms with Crippen LogP contribution in [0.4, 0.5) is 5.82 Å². The van der Waals surface area contributed by atoms with E-state index in [0.717, 1.165) is 5.82 Å². The second-order valence-corrected chi connectivity index (χ2v) is 2.97. The van der Waals surface area contributed by atoms with Crippen molar-refractivity contribution >= 4 is 5.82 Å². The Labute approximate surface area is 81.4 Å². The fraction of sp³-hybridized carbons (Fsp3) is 0.545. The molecular weight excluding hydrogens is 160 g/mol. The number of aryl methyl sites for hydroxylation is 1. The Kier molecular flexibility index (Phi) is 5.94. The minimum atomic E-state index is 0.448. The highest BCUT2D eigenvalue weighted by Crippen LogP contribution is 2.09. The summed E-state index contributed by atoms with van der Waals surface area (Å²) in [6, 6.07) is 4.45. The number of pyridine rings is 1. The van der Waals surface area contributed by atoms with Crippen LogP contribution in [0.2, 0.25) is 0 Å². The zero-order chi connectivity index (χ0) is 10.3. The molecule has 0 atom stereocenters. The lowest BCUT2D eigenvalue weighted by Gasteiger charge is -2.10. The molecule has 0 radical (unpaired) electrons. The minimum absolute atomic E-state index is 0.448. The molecule has 0 fully saturated rings. The van der Waals surface area contributed by atoms with E-state index in [0.29, 0.717) is 6.04 Å². The first kappa shape index (κ1) is 11.9. The van der Waals surface area contributed by atoms with Gasteiger partial charge in [0.2, 0.25) is 0 Å². The lowest BCUT2D eigenvalue weighted by molar-refractivity contribution is 0.886. The molecule has 0 aromatic carbocycles.